The van der Waals surface area contributed by atoms with Gasteiger partial charge in [0, 0.05) is 20.5 Å². The van der Waals surface area contributed by atoms with Crippen molar-refractivity contribution in [3.05, 3.63) is 34.2 Å². The van der Waals surface area contributed by atoms with Gasteiger partial charge in [0.15, 0.2) is 0 Å². The Hall–Kier alpha value is -2.04. The average Bonchev–Trinajstić information content (AvgIpc) is 2.61. The fourth-order valence-electron chi connectivity index (χ4n) is 2.52. The lowest BCUT2D eigenvalue weighted by Crippen LogP contribution is -2.19. The molecule has 0 aliphatic rings. The molecule has 0 aliphatic carbocycles. The van der Waals surface area contributed by atoms with Crippen molar-refractivity contribution in [1.29, 1.82) is 0 Å². The van der Waals surface area contributed by atoms with Crippen LogP contribution in [0.3, 0.4) is 0 Å². The maximum absolute atomic E-state index is 11.8. The molecule has 0 saturated carbocycles. The number of nitrogens with zero attached hydrogens (tertiary/aromatic N) is 2. The summed E-state index contributed by atoms with van der Waals surface area (Å²) in [6, 6.07) is 5.98. The second-order valence-electron chi connectivity index (χ2n) is 5.47. The van der Waals surface area contributed by atoms with Gasteiger partial charge in [0.1, 0.15) is 0 Å². The van der Waals surface area contributed by atoms with Crippen molar-refractivity contribution in [3.8, 4) is 0 Å². The zero-order chi connectivity index (χ0) is 14.9. The Balaban J connectivity index is 2.18. The number of fused-ring (bicyclic) bond motifs is 1. The normalized spacial score (nSPS) is 12.8. The maximum Gasteiger partial charge on any atom is 0.328 e. The van der Waals surface area contributed by atoms with Crippen LogP contribution in [0.15, 0.2) is 23.0 Å². The first-order valence-electron chi connectivity index (χ1n) is 6.76. The highest BCUT2D eigenvalue weighted by molar-refractivity contribution is 5.76. The topological polar surface area (TPSA) is 64.2 Å². The van der Waals surface area contributed by atoms with E-state index in [1.807, 2.05) is 25.1 Å². The van der Waals surface area contributed by atoms with Crippen LogP contribution < -0.4 is 5.69 Å². The van der Waals surface area contributed by atoms with E-state index in [9.17, 15) is 9.59 Å². The molecule has 5 heteroatoms. The van der Waals surface area contributed by atoms with Crippen LogP contribution >= 0.6 is 0 Å². The Labute approximate surface area is 117 Å². The molecule has 1 heterocycles. The van der Waals surface area contributed by atoms with E-state index in [4.69, 9.17) is 5.11 Å². The van der Waals surface area contributed by atoms with E-state index in [2.05, 4.69) is 0 Å². The molecule has 0 spiro atoms. The van der Waals surface area contributed by atoms with Crippen LogP contribution in [0.2, 0.25) is 0 Å². The number of aryl methyl sites for hydroxylation is 3. The minimum absolute atomic E-state index is 0.0311. The van der Waals surface area contributed by atoms with Crippen LogP contribution in [0.4, 0.5) is 0 Å². The molecule has 0 saturated heterocycles. The lowest BCUT2D eigenvalue weighted by Gasteiger charge is -2.08. The van der Waals surface area contributed by atoms with Crippen molar-refractivity contribution >= 4 is 17.0 Å². The van der Waals surface area contributed by atoms with Gasteiger partial charge in [-0.25, -0.2) is 4.79 Å². The molecule has 1 unspecified atom stereocenters. The van der Waals surface area contributed by atoms with Gasteiger partial charge < -0.3 is 5.11 Å². The fourth-order valence-corrected chi connectivity index (χ4v) is 2.52. The Morgan fingerprint density at radius 2 is 1.90 bits per heavy atom. The van der Waals surface area contributed by atoms with Gasteiger partial charge in [-0.3, -0.25) is 13.9 Å². The maximum atomic E-state index is 11.8. The van der Waals surface area contributed by atoms with E-state index >= 15 is 0 Å². The predicted molar refractivity (Wildman–Crippen MR) is 77.9 cm³/mol. The van der Waals surface area contributed by atoms with E-state index in [0.717, 1.165) is 29.4 Å². The van der Waals surface area contributed by atoms with Gasteiger partial charge in [0.2, 0.25) is 0 Å². The monoisotopic (exact) mass is 276 g/mol. The second kappa shape index (κ2) is 5.53. The Morgan fingerprint density at radius 3 is 2.55 bits per heavy atom. The summed E-state index contributed by atoms with van der Waals surface area (Å²) in [4.78, 5) is 22.5. The molecule has 1 aromatic heterocycles. The number of carboxylic acid groups (broad SMARTS) is 1. The number of benzene rings is 1. The Bertz CT molecular complexity index is 697. The number of hydrogen-bond acceptors (Lipinski definition) is 2. The smallest absolute Gasteiger partial charge is 0.328 e. The molecule has 2 rings (SSSR count). The van der Waals surface area contributed by atoms with Gasteiger partial charge >= 0.3 is 11.7 Å². The summed E-state index contributed by atoms with van der Waals surface area (Å²) in [6.45, 7) is 1.95. The van der Waals surface area contributed by atoms with Crippen molar-refractivity contribution < 1.29 is 9.90 Å². The molecule has 5 nitrogen and oxygen atoms in total. The van der Waals surface area contributed by atoms with Crippen LogP contribution in [0.5, 0.6) is 0 Å². The molecule has 0 aliphatic heterocycles. The summed E-state index contributed by atoms with van der Waals surface area (Å²) in [5, 5.41) is 8.75. The van der Waals surface area contributed by atoms with Crippen molar-refractivity contribution in [2.45, 2.75) is 26.2 Å². The lowest BCUT2D eigenvalue weighted by molar-refractivity contribution is -0.138. The average molecular weight is 276 g/mol. The highest BCUT2D eigenvalue weighted by Crippen LogP contribution is 2.17. The Morgan fingerprint density at radius 1 is 1.25 bits per heavy atom. The minimum Gasteiger partial charge on any atom is -0.481 e. The van der Waals surface area contributed by atoms with Gasteiger partial charge in [-0.2, -0.15) is 0 Å². The first-order chi connectivity index (χ1) is 9.40. The molecule has 0 fully saturated rings. The third-order valence-electron chi connectivity index (χ3n) is 3.79. The first kappa shape index (κ1) is 14.4. The summed E-state index contributed by atoms with van der Waals surface area (Å²) in [7, 11) is 3.53. The molecular formula is C15H20N2O3. The molecule has 1 aromatic carbocycles. The summed E-state index contributed by atoms with van der Waals surface area (Å²) in [6.07, 6.45) is 1.86. The van der Waals surface area contributed by atoms with Crippen LogP contribution in [0, 0.1) is 5.92 Å². The van der Waals surface area contributed by atoms with Crippen molar-refractivity contribution in [1.82, 2.24) is 9.13 Å². The summed E-state index contributed by atoms with van der Waals surface area (Å²) < 4.78 is 3.27. The zero-order valence-electron chi connectivity index (χ0n) is 12.1. The van der Waals surface area contributed by atoms with Gasteiger partial charge in [0.05, 0.1) is 11.0 Å². The van der Waals surface area contributed by atoms with E-state index in [0.29, 0.717) is 0 Å². The second-order valence-corrected chi connectivity index (χ2v) is 5.47. The third-order valence-corrected chi connectivity index (χ3v) is 3.79. The number of hydrogen-bond donors (Lipinski definition) is 1. The number of carboxylic acids is 1. The van der Waals surface area contributed by atoms with E-state index in [1.54, 1.807) is 23.2 Å². The largest absolute Gasteiger partial charge is 0.481 e. The van der Waals surface area contributed by atoms with Crippen LogP contribution in [0.25, 0.3) is 11.0 Å². The molecule has 1 atom stereocenters. The Kier molecular flexibility index (Phi) is 3.97. The quantitative estimate of drug-likeness (QED) is 0.907. The van der Waals surface area contributed by atoms with Crippen LogP contribution in [-0.4, -0.2) is 20.2 Å². The van der Waals surface area contributed by atoms with Crippen molar-refractivity contribution in [3.63, 3.8) is 0 Å². The van der Waals surface area contributed by atoms with Crippen molar-refractivity contribution in [2.24, 2.45) is 20.0 Å². The van der Waals surface area contributed by atoms with Crippen LogP contribution in [-0.2, 0) is 25.3 Å². The lowest BCUT2D eigenvalue weighted by atomic mass is 9.98. The van der Waals surface area contributed by atoms with Crippen LogP contribution in [0.1, 0.15) is 25.3 Å². The molecule has 1 N–H and O–H groups in total. The standard InChI is InChI=1S/C15H20N2O3/c1-10(8-14(18)19)4-5-11-6-7-12-13(9-11)17(3)15(20)16(12)2/h6-7,9-10H,4-5,8H2,1-3H3,(H,18,19). The highest BCUT2D eigenvalue weighted by atomic mass is 16.4. The summed E-state index contributed by atoms with van der Waals surface area (Å²) >= 11 is 0. The molecular weight excluding hydrogens is 256 g/mol. The third kappa shape index (κ3) is 2.76. The molecule has 2 aromatic rings. The van der Waals surface area contributed by atoms with Gasteiger partial charge in [0.25, 0.3) is 0 Å². The fraction of sp³-hybridized carbons (Fsp3) is 0.467. The molecule has 0 radical (unpaired) electrons. The van der Waals surface area contributed by atoms with E-state index in [-0.39, 0.29) is 18.0 Å². The number of aliphatic carboxylic acids is 1. The van der Waals surface area contributed by atoms with E-state index < -0.39 is 5.97 Å². The zero-order valence-corrected chi connectivity index (χ0v) is 12.1. The number of aromatic nitrogens is 2. The van der Waals surface area contributed by atoms with Crippen molar-refractivity contribution in [2.75, 3.05) is 0 Å². The number of carbonyl (C=O) groups is 1. The molecule has 0 amide bonds. The van der Waals surface area contributed by atoms with Gasteiger partial charge in [-0.15, -0.1) is 0 Å². The highest BCUT2D eigenvalue weighted by Gasteiger charge is 2.10. The minimum atomic E-state index is -0.751. The molecule has 20 heavy (non-hydrogen) atoms. The molecule has 0 bridgehead atoms. The number of imidazole rings is 1. The SMILES string of the molecule is CC(CCc1ccc2c(c1)n(C)c(=O)n2C)CC(=O)O. The number of rotatable bonds is 5. The summed E-state index contributed by atoms with van der Waals surface area (Å²) in [5.41, 5.74) is 2.94. The van der Waals surface area contributed by atoms with Gasteiger partial charge in [-0.05, 0) is 36.5 Å². The summed E-state index contributed by atoms with van der Waals surface area (Å²) in [5.74, 6) is -0.596. The first-order valence-corrected chi connectivity index (χ1v) is 6.76. The van der Waals surface area contributed by atoms with Gasteiger partial charge in [-0.1, -0.05) is 13.0 Å². The molecule has 108 valence electrons. The predicted octanol–water partition coefficient (Wildman–Crippen LogP) is 1.92. The van der Waals surface area contributed by atoms with E-state index in [1.165, 1.54) is 0 Å².